The van der Waals surface area contributed by atoms with E-state index < -0.39 is 0 Å². The lowest BCUT2D eigenvalue weighted by Gasteiger charge is -2.23. The molecule has 1 fully saturated rings. The lowest BCUT2D eigenvalue weighted by atomic mass is 10.2. The Morgan fingerprint density at radius 2 is 2.36 bits per heavy atom. The fourth-order valence-electron chi connectivity index (χ4n) is 2.08. The molecule has 0 aromatic carbocycles. The Morgan fingerprint density at radius 1 is 1.57 bits per heavy atom. The van der Waals surface area contributed by atoms with Gasteiger partial charge in [-0.05, 0) is 31.9 Å². The van der Waals surface area contributed by atoms with E-state index >= 15 is 0 Å². The molecule has 3 nitrogen and oxygen atoms in total. The summed E-state index contributed by atoms with van der Waals surface area (Å²) in [6.07, 6.45) is 2.45. The van der Waals surface area contributed by atoms with E-state index in [4.69, 9.17) is 0 Å². The number of aliphatic hydroxyl groups excluding tert-OH is 1. The van der Waals surface area contributed by atoms with Gasteiger partial charge in [-0.1, -0.05) is 6.07 Å². The van der Waals surface area contributed by atoms with Crippen molar-refractivity contribution in [3.63, 3.8) is 0 Å². The third kappa shape index (κ3) is 1.60. The van der Waals surface area contributed by atoms with Gasteiger partial charge in [0.25, 0.3) is 0 Å². The van der Waals surface area contributed by atoms with Crippen molar-refractivity contribution < 1.29 is 5.11 Å². The largest absolute Gasteiger partial charge is 0.391 e. The fourth-order valence-corrected chi connectivity index (χ4v) is 2.08. The van der Waals surface area contributed by atoms with Gasteiger partial charge in [0, 0.05) is 18.8 Å². The zero-order valence-electron chi connectivity index (χ0n) is 8.64. The summed E-state index contributed by atoms with van der Waals surface area (Å²) in [5, 5.41) is 9.55. The summed E-state index contributed by atoms with van der Waals surface area (Å²) in [7, 11) is 0. The van der Waals surface area contributed by atoms with Crippen molar-refractivity contribution in [1.82, 2.24) is 4.98 Å². The quantitative estimate of drug-likeness (QED) is 0.729. The Bertz CT molecular complexity index is 327. The molecule has 0 radical (unpaired) electrons. The molecule has 2 atom stereocenters. The van der Waals surface area contributed by atoms with Crippen LogP contribution in [0, 0.1) is 6.92 Å². The normalized spacial score (nSPS) is 26.9. The van der Waals surface area contributed by atoms with E-state index in [-0.39, 0.29) is 6.10 Å². The summed E-state index contributed by atoms with van der Waals surface area (Å²) in [6, 6.07) is 4.38. The minimum Gasteiger partial charge on any atom is -0.391 e. The van der Waals surface area contributed by atoms with Crippen molar-refractivity contribution in [2.45, 2.75) is 32.4 Å². The fraction of sp³-hybridized carbons (Fsp3) is 0.545. The van der Waals surface area contributed by atoms with Gasteiger partial charge in [0.05, 0.1) is 6.10 Å². The SMILES string of the molecule is Cc1cccnc1N1C[C@@H](O)C[C@H]1C. The van der Waals surface area contributed by atoms with Gasteiger partial charge >= 0.3 is 0 Å². The van der Waals surface area contributed by atoms with Crippen LogP contribution < -0.4 is 4.90 Å². The second-order valence-corrected chi connectivity index (χ2v) is 4.03. The van der Waals surface area contributed by atoms with Gasteiger partial charge < -0.3 is 10.0 Å². The molecule has 0 bridgehead atoms. The first-order chi connectivity index (χ1) is 6.68. The number of hydrogen-bond donors (Lipinski definition) is 1. The highest BCUT2D eigenvalue weighted by Gasteiger charge is 2.28. The molecule has 0 unspecified atom stereocenters. The molecule has 1 aliphatic heterocycles. The van der Waals surface area contributed by atoms with Crippen LogP contribution in [0.3, 0.4) is 0 Å². The maximum Gasteiger partial charge on any atom is 0.131 e. The van der Waals surface area contributed by atoms with Crippen molar-refractivity contribution in [2.24, 2.45) is 0 Å². The van der Waals surface area contributed by atoms with Gasteiger partial charge in [0.1, 0.15) is 5.82 Å². The van der Waals surface area contributed by atoms with Crippen molar-refractivity contribution in [3.8, 4) is 0 Å². The van der Waals surface area contributed by atoms with Crippen molar-refractivity contribution in [2.75, 3.05) is 11.4 Å². The third-order valence-electron chi connectivity index (χ3n) is 2.81. The van der Waals surface area contributed by atoms with Gasteiger partial charge in [-0.25, -0.2) is 4.98 Å². The summed E-state index contributed by atoms with van der Waals surface area (Å²) < 4.78 is 0. The molecule has 0 saturated carbocycles. The Kier molecular flexibility index (Phi) is 2.42. The molecular formula is C11H16N2O. The molecule has 0 amide bonds. The van der Waals surface area contributed by atoms with Crippen molar-refractivity contribution in [1.29, 1.82) is 0 Å². The Morgan fingerprint density at radius 3 is 2.93 bits per heavy atom. The van der Waals surface area contributed by atoms with Crippen LogP contribution in [-0.4, -0.2) is 28.8 Å². The molecular weight excluding hydrogens is 176 g/mol. The van der Waals surface area contributed by atoms with Crippen LogP contribution in [0.4, 0.5) is 5.82 Å². The summed E-state index contributed by atoms with van der Waals surface area (Å²) in [4.78, 5) is 6.54. The van der Waals surface area contributed by atoms with E-state index in [1.54, 1.807) is 6.20 Å². The number of pyridine rings is 1. The molecule has 1 aliphatic rings. The predicted octanol–water partition coefficient (Wildman–Crippen LogP) is 1.35. The molecule has 1 aromatic heterocycles. The van der Waals surface area contributed by atoms with Gasteiger partial charge in [-0.3, -0.25) is 0 Å². The Hall–Kier alpha value is -1.09. The first-order valence-electron chi connectivity index (χ1n) is 5.05. The Balaban J connectivity index is 2.27. The van der Waals surface area contributed by atoms with Crippen LogP contribution in [0.2, 0.25) is 0 Å². The molecule has 0 spiro atoms. The molecule has 1 N–H and O–H groups in total. The predicted molar refractivity (Wildman–Crippen MR) is 56.4 cm³/mol. The van der Waals surface area contributed by atoms with Crippen LogP contribution in [0.1, 0.15) is 18.9 Å². The summed E-state index contributed by atoms with van der Waals surface area (Å²) in [5.74, 6) is 1.01. The van der Waals surface area contributed by atoms with Crippen LogP contribution >= 0.6 is 0 Å². The lowest BCUT2D eigenvalue weighted by molar-refractivity contribution is 0.195. The maximum absolute atomic E-state index is 9.55. The first kappa shape index (κ1) is 9.46. The smallest absolute Gasteiger partial charge is 0.131 e. The lowest BCUT2D eigenvalue weighted by Crippen LogP contribution is -2.28. The average molecular weight is 192 g/mol. The van der Waals surface area contributed by atoms with E-state index in [1.807, 2.05) is 6.07 Å². The standard InChI is InChI=1S/C11H16N2O/c1-8-4-3-5-12-11(8)13-7-10(14)6-9(13)2/h3-5,9-10,14H,6-7H2,1-2H3/t9-,10+/m1/s1. The number of aryl methyl sites for hydroxylation is 1. The number of rotatable bonds is 1. The van der Waals surface area contributed by atoms with Gasteiger partial charge in [-0.2, -0.15) is 0 Å². The monoisotopic (exact) mass is 192 g/mol. The molecule has 2 rings (SSSR count). The van der Waals surface area contributed by atoms with E-state index in [9.17, 15) is 5.11 Å². The van der Waals surface area contributed by atoms with Gasteiger partial charge in [0.2, 0.25) is 0 Å². The van der Waals surface area contributed by atoms with Crippen molar-refractivity contribution >= 4 is 5.82 Å². The van der Waals surface area contributed by atoms with Crippen LogP contribution in [0.15, 0.2) is 18.3 Å². The van der Waals surface area contributed by atoms with Crippen molar-refractivity contribution in [3.05, 3.63) is 23.9 Å². The number of hydrogen-bond acceptors (Lipinski definition) is 3. The summed E-state index contributed by atoms with van der Waals surface area (Å²) in [6.45, 7) is 4.89. The highest BCUT2D eigenvalue weighted by Crippen LogP contribution is 2.25. The van der Waals surface area contributed by atoms with Gasteiger partial charge in [0.15, 0.2) is 0 Å². The van der Waals surface area contributed by atoms with E-state index in [1.165, 1.54) is 5.56 Å². The van der Waals surface area contributed by atoms with E-state index in [0.717, 1.165) is 12.2 Å². The van der Waals surface area contributed by atoms with E-state index in [2.05, 4.69) is 29.8 Å². The van der Waals surface area contributed by atoms with E-state index in [0.29, 0.717) is 12.6 Å². The van der Waals surface area contributed by atoms with Crippen LogP contribution in [0.5, 0.6) is 0 Å². The zero-order chi connectivity index (χ0) is 10.1. The molecule has 76 valence electrons. The highest BCUT2D eigenvalue weighted by atomic mass is 16.3. The second-order valence-electron chi connectivity index (χ2n) is 4.03. The van der Waals surface area contributed by atoms with Crippen LogP contribution in [0.25, 0.3) is 0 Å². The van der Waals surface area contributed by atoms with Crippen LogP contribution in [-0.2, 0) is 0 Å². The first-order valence-corrected chi connectivity index (χ1v) is 5.05. The minimum atomic E-state index is -0.202. The molecule has 3 heteroatoms. The molecule has 2 heterocycles. The molecule has 0 aliphatic carbocycles. The highest BCUT2D eigenvalue weighted by molar-refractivity contribution is 5.47. The third-order valence-corrected chi connectivity index (χ3v) is 2.81. The topological polar surface area (TPSA) is 36.4 Å². The number of aromatic nitrogens is 1. The summed E-state index contributed by atoms with van der Waals surface area (Å²) >= 11 is 0. The number of β-amino-alcohol motifs (C(OH)–C–C–N with tert-alkyl or cyclic N) is 1. The zero-order valence-corrected chi connectivity index (χ0v) is 8.64. The second kappa shape index (κ2) is 3.58. The minimum absolute atomic E-state index is 0.202. The molecule has 14 heavy (non-hydrogen) atoms. The Labute approximate surface area is 84.4 Å². The molecule has 1 saturated heterocycles. The summed E-state index contributed by atoms with van der Waals surface area (Å²) in [5.41, 5.74) is 1.17. The maximum atomic E-state index is 9.55. The number of anilines is 1. The van der Waals surface area contributed by atoms with Gasteiger partial charge in [-0.15, -0.1) is 0 Å². The number of nitrogens with zero attached hydrogens (tertiary/aromatic N) is 2. The average Bonchev–Trinajstić information content (AvgIpc) is 2.46. The number of aliphatic hydroxyl groups is 1. The molecule has 1 aromatic rings.